The van der Waals surface area contributed by atoms with Crippen molar-refractivity contribution in [3.63, 3.8) is 0 Å². The summed E-state index contributed by atoms with van der Waals surface area (Å²) in [6, 6.07) is 8.42. The minimum Gasteiger partial charge on any atom is -0.489 e. The summed E-state index contributed by atoms with van der Waals surface area (Å²) in [5.41, 5.74) is 3.97. The van der Waals surface area contributed by atoms with Crippen molar-refractivity contribution >= 4 is 38.1 Å². The molecule has 0 aliphatic carbocycles. The van der Waals surface area contributed by atoms with Crippen LogP contribution in [-0.2, 0) is 21.8 Å². The van der Waals surface area contributed by atoms with Crippen LogP contribution >= 0.6 is 11.3 Å². The lowest BCUT2D eigenvalue weighted by Crippen LogP contribution is -2.30. The number of nitrogens with one attached hydrogen (secondary N) is 1. The largest absolute Gasteiger partial charge is 0.489 e. The zero-order chi connectivity index (χ0) is 24.6. The first-order valence-corrected chi connectivity index (χ1v) is 13.6. The third-order valence-corrected chi connectivity index (χ3v) is 8.28. The summed E-state index contributed by atoms with van der Waals surface area (Å²) in [5.74, 6) is 0.158. The molecule has 0 bridgehead atoms. The number of fused-ring (bicyclic) bond motifs is 1. The number of halogens is 3. The van der Waals surface area contributed by atoms with Gasteiger partial charge in [-0.25, -0.2) is 13.4 Å². The number of alkyl halides is 3. The van der Waals surface area contributed by atoms with Crippen molar-refractivity contribution in [3.05, 3.63) is 70.2 Å². The highest BCUT2D eigenvalue weighted by atomic mass is 32.2. The zero-order valence-electron chi connectivity index (χ0n) is 18.5. The van der Waals surface area contributed by atoms with Crippen LogP contribution in [0.4, 0.5) is 24.5 Å². The Labute approximate surface area is 205 Å². The normalized spacial score (nSPS) is 16.4. The molecule has 0 unspecified atom stereocenters. The van der Waals surface area contributed by atoms with Gasteiger partial charge in [0.15, 0.2) is 9.84 Å². The molecule has 6 nitrogen and oxygen atoms in total. The van der Waals surface area contributed by atoms with Gasteiger partial charge in [-0.2, -0.15) is 13.2 Å². The van der Waals surface area contributed by atoms with E-state index in [1.165, 1.54) is 35.6 Å². The molecular weight excluding hydrogens is 499 g/mol. The molecular formula is C24H22F3N3O3S2. The third-order valence-electron chi connectivity index (χ3n) is 6.00. The van der Waals surface area contributed by atoms with Crippen LogP contribution in [0.2, 0.25) is 0 Å². The lowest BCUT2D eigenvalue weighted by Gasteiger charge is -2.34. The smallest absolute Gasteiger partial charge is 0.416 e. The summed E-state index contributed by atoms with van der Waals surface area (Å²) in [4.78, 5) is 6.06. The topological polar surface area (TPSA) is 71.5 Å². The monoisotopic (exact) mass is 521 g/mol. The molecule has 35 heavy (non-hydrogen) atoms. The molecule has 11 heteroatoms. The Morgan fingerprint density at radius 1 is 1.14 bits per heavy atom. The molecule has 0 saturated heterocycles. The molecule has 1 N–H and O–H groups in total. The molecule has 1 aromatic heterocycles. The average Bonchev–Trinajstić information content (AvgIpc) is 3.35. The summed E-state index contributed by atoms with van der Waals surface area (Å²) >= 11 is 1.33. The first-order chi connectivity index (χ1) is 16.7. The van der Waals surface area contributed by atoms with Crippen LogP contribution in [0, 0.1) is 0 Å². The fraction of sp³-hybridized carbons (Fsp3) is 0.292. The molecule has 0 fully saturated rings. The van der Waals surface area contributed by atoms with Gasteiger partial charge < -0.3 is 15.0 Å². The number of benzene rings is 2. The maximum absolute atomic E-state index is 13.5. The zero-order valence-corrected chi connectivity index (χ0v) is 20.1. The number of nitrogens with zero attached hydrogens (tertiary/aromatic N) is 2. The van der Waals surface area contributed by atoms with Gasteiger partial charge in [0.05, 0.1) is 39.6 Å². The van der Waals surface area contributed by atoms with E-state index in [1.807, 2.05) is 11.0 Å². The van der Waals surface area contributed by atoms with E-state index in [9.17, 15) is 21.6 Å². The molecule has 5 rings (SSSR count). The Hall–Kier alpha value is -2.89. The van der Waals surface area contributed by atoms with Gasteiger partial charge in [-0.3, -0.25) is 0 Å². The second-order valence-electron chi connectivity index (χ2n) is 8.28. The third kappa shape index (κ3) is 4.93. The second kappa shape index (κ2) is 9.29. The Morgan fingerprint density at radius 3 is 2.69 bits per heavy atom. The SMILES string of the molecule is O=S(=O)(Cc1cscn1)c1ccc2c(c1)OCCN2c1ccc(C(F)(F)F)cc1C1=CCNCC1. The Bertz CT molecular complexity index is 1370. The lowest BCUT2D eigenvalue weighted by atomic mass is 9.95. The van der Waals surface area contributed by atoms with Crippen molar-refractivity contribution in [1.82, 2.24) is 10.3 Å². The van der Waals surface area contributed by atoms with Crippen molar-refractivity contribution in [3.8, 4) is 5.75 Å². The summed E-state index contributed by atoms with van der Waals surface area (Å²) in [6.07, 6.45) is -1.93. The van der Waals surface area contributed by atoms with Gasteiger partial charge in [0, 0.05) is 29.2 Å². The molecule has 2 aliphatic rings. The fourth-order valence-corrected chi connectivity index (χ4v) is 6.24. The maximum Gasteiger partial charge on any atom is 0.416 e. The van der Waals surface area contributed by atoms with Crippen LogP contribution in [0.3, 0.4) is 0 Å². The first-order valence-electron chi connectivity index (χ1n) is 11.0. The lowest BCUT2D eigenvalue weighted by molar-refractivity contribution is -0.137. The van der Waals surface area contributed by atoms with Crippen LogP contribution in [0.5, 0.6) is 5.75 Å². The molecule has 0 radical (unpaired) electrons. The summed E-state index contributed by atoms with van der Waals surface area (Å²) < 4.78 is 72.1. The molecule has 184 valence electrons. The van der Waals surface area contributed by atoms with Gasteiger partial charge >= 0.3 is 6.18 Å². The van der Waals surface area contributed by atoms with E-state index < -0.39 is 21.6 Å². The number of anilines is 2. The van der Waals surface area contributed by atoms with Crippen molar-refractivity contribution in [1.29, 1.82) is 0 Å². The second-order valence-corrected chi connectivity index (χ2v) is 11.0. The fourth-order valence-electron chi connectivity index (χ4n) is 4.30. The Morgan fingerprint density at radius 2 is 1.97 bits per heavy atom. The predicted molar refractivity (Wildman–Crippen MR) is 129 cm³/mol. The van der Waals surface area contributed by atoms with Crippen LogP contribution in [-0.4, -0.2) is 39.6 Å². The van der Waals surface area contributed by atoms with E-state index >= 15 is 0 Å². The first kappa shape index (κ1) is 23.8. The highest BCUT2D eigenvalue weighted by molar-refractivity contribution is 7.90. The van der Waals surface area contributed by atoms with E-state index in [4.69, 9.17) is 4.74 Å². The molecule has 0 amide bonds. The molecule has 2 aliphatic heterocycles. The predicted octanol–water partition coefficient (Wildman–Crippen LogP) is 5.04. The van der Waals surface area contributed by atoms with E-state index in [0.29, 0.717) is 54.4 Å². The number of ether oxygens (including phenoxy) is 1. The van der Waals surface area contributed by atoms with Gasteiger partial charge in [0.25, 0.3) is 0 Å². The standard InChI is InChI=1S/C24H22F3N3O3S2/c25-24(26,27)17-1-3-21(20(11-17)16-5-7-28-8-6-16)30-9-10-33-23-12-19(2-4-22(23)30)35(31,32)14-18-13-34-15-29-18/h1-5,11-13,15,28H,6-10,14H2. The Balaban J connectivity index is 1.54. The van der Waals surface area contributed by atoms with E-state index in [0.717, 1.165) is 11.6 Å². The van der Waals surface area contributed by atoms with E-state index in [2.05, 4.69) is 10.3 Å². The number of rotatable bonds is 5. The van der Waals surface area contributed by atoms with Crippen LogP contribution < -0.4 is 15.0 Å². The number of sulfone groups is 1. The van der Waals surface area contributed by atoms with Crippen LogP contribution in [0.25, 0.3) is 5.57 Å². The van der Waals surface area contributed by atoms with Gasteiger partial charge in [-0.05, 0) is 48.9 Å². The van der Waals surface area contributed by atoms with Gasteiger partial charge in [-0.1, -0.05) is 6.08 Å². The Kier molecular flexibility index (Phi) is 6.32. The van der Waals surface area contributed by atoms with Crippen LogP contribution in [0.1, 0.15) is 23.2 Å². The molecule has 0 spiro atoms. The number of thiazole rings is 1. The summed E-state index contributed by atoms with van der Waals surface area (Å²) in [5, 5.41) is 4.88. The van der Waals surface area contributed by atoms with Crippen molar-refractivity contribution in [2.24, 2.45) is 0 Å². The van der Waals surface area contributed by atoms with Crippen molar-refractivity contribution in [2.75, 3.05) is 31.1 Å². The number of hydrogen-bond acceptors (Lipinski definition) is 7. The molecule has 0 atom stereocenters. The van der Waals surface area contributed by atoms with Gasteiger partial charge in [0.1, 0.15) is 12.4 Å². The van der Waals surface area contributed by atoms with Crippen molar-refractivity contribution in [2.45, 2.75) is 23.2 Å². The summed E-state index contributed by atoms with van der Waals surface area (Å²) in [7, 11) is -3.64. The molecule has 2 aromatic carbocycles. The highest BCUT2D eigenvalue weighted by Gasteiger charge is 2.33. The van der Waals surface area contributed by atoms with E-state index in [1.54, 1.807) is 17.0 Å². The van der Waals surface area contributed by atoms with Crippen molar-refractivity contribution < 1.29 is 26.3 Å². The maximum atomic E-state index is 13.5. The molecule has 0 saturated carbocycles. The van der Waals surface area contributed by atoms with Gasteiger partial charge in [0.2, 0.25) is 0 Å². The van der Waals surface area contributed by atoms with Gasteiger partial charge in [-0.15, -0.1) is 11.3 Å². The highest BCUT2D eigenvalue weighted by Crippen LogP contribution is 2.43. The minimum atomic E-state index is -4.45. The number of aromatic nitrogens is 1. The quantitative estimate of drug-likeness (QED) is 0.507. The van der Waals surface area contributed by atoms with Crippen LogP contribution in [0.15, 0.2) is 58.3 Å². The molecule has 3 aromatic rings. The minimum absolute atomic E-state index is 0.111. The molecule has 3 heterocycles. The number of hydrogen-bond donors (Lipinski definition) is 1. The summed E-state index contributed by atoms with van der Waals surface area (Å²) in [6.45, 7) is 1.96. The van der Waals surface area contributed by atoms with E-state index in [-0.39, 0.29) is 17.3 Å². The average molecular weight is 522 g/mol.